The van der Waals surface area contributed by atoms with Gasteiger partial charge in [-0.3, -0.25) is 0 Å². The number of nitrogens with zero attached hydrogens (tertiary/aromatic N) is 3. The second-order valence-corrected chi connectivity index (χ2v) is 8.97. The quantitative estimate of drug-likeness (QED) is 0.679. The molecule has 6 heteroatoms. The molecule has 1 aromatic heterocycles. The van der Waals surface area contributed by atoms with Gasteiger partial charge < -0.3 is 4.57 Å². The number of hydrogen-bond donors (Lipinski definition) is 0. The third kappa shape index (κ3) is 3.55. The number of hydrogen-bond acceptors (Lipinski definition) is 3. The van der Waals surface area contributed by atoms with E-state index in [1.807, 2.05) is 37.4 Å². The largest absolute Gasteiger partial charge is 0.328 e. The highest BCUT2D eigenvalue weighted by Crippen LogP contribution is 2.27. The van der Waals surface area contributed by atoms with Gasteiger partial charge in [-0.25, -0.2) is 13.4 Å². The highest BCUT2D eigenvalue weighted by Gasteiger charge is 2.33. The van der Waals surface area contributed by atoms with Crippen molar-refractivity contribution >= 4 is 10.0 Å². The minimum Gasteiger partial charge on any atom is -0.328 e. The SMILES string of the molecule is Cc1cnc(-c2ccccc2)n1CC1CCN(S(=O)(=O)c2ccccc2)C1. The van der Waals surface area contributed by atoms with E-state index in [2.05, 4.69) is 21.7 Å². The fraction of sp³-hybridized carbons (Fsp3) is 0.286. The summed E-state index contributed by atoms with van der Waals surface area (Å²) in [5.41, 5.74) is 2.18. The van der Waals surface area contributed by atoms with E-state index in [9.17, 15) is 8.42 Å². The van der Waals surface area contributed by atoms with Crippen LogP contribution in [0.4, 0.5) is 0 Å². The van der Waals surface area contributed by atoms with Gasteiger partial charge >= 0.3 is 0 Å². The van der Waals surface area contributed by atoms with Gasteiger partial charge in [0.05, 0.1) is 4.90 Å². The number of aryl methyl sites for hydroxylation is 1. The molecule has 1 fully saturated rings. The van der Waals surface area contributed by atoms with Crippen LogP contribution in [0.1, 0.15) is 12.1 Å². The van der Waals surface area contributed by atoms with Gasteiger partial charge in [0.15, 0.2) is 0 Å². The van der Waals surface area contributed by atoms with Crippen molar-refractivity contribution in [3.05, 3.63) is 72.6 Å². The molecule has 1 unspecified atom stereocenters. The smallest absolute Gasteiger partial charge is 0.243 e. The zero-order valence-electron chi connectivity index (χ0n) is 15.3. The minimum absolute atomic E-state index is 0.277. The molecule has 0 saturated carbocycles. The Morgan fingerprint density at radius 3 is 2.41 bits per heavy atom. The zero-order chi connectivity index (χ0) is 18.9. The van der Waals surface area contributed by atoms with Gasteiger partial charge in [-0.15, -0.1) is 0 Å². The summed E-state index contributed by atoms with van der Waals surface area (Å²) in [7, 11) is -3.41. The van der Waals surface area contributed by atoms with Gasteiger partial charge in [-0.05, 0) is 31.4 Å². The number of imidazole rings is 1. The van der Waals surface area contributed by atoms with Crippen LogP contribution < -0.4 is 0 Å². The van der Waals surface area contributed by atoms with E-state index in [0.717, 1.165) is 30.0 Å². The molecular weight excluding hydrogens is 358 g/mol. The molecule has 2 aromatic carbocycles. The van der Waals surface area contributed by atoms with Crippen LogP contribution in [0.2, 0.25) is 0 Å². The Balaban J connectivity index is 1.53. The van der Waals surface area contributed by atoms with Crippen LogP contribution in [-0.4, -0.2) is 35.4 Å². The first-order valence-electron chi connectivity index (χ1n) is 9.18. The predicted octanol–water partition coefficient (Wildman–Crippen LogP) is 3.57. The lowest BCUT2D eigenvalue weighted by molar-refractivity contribution is 0.428. The van der Waals surface area contributed by atoms with Crippen LogP contribution in [0.3, 0.4) is 0 Å². The Labute approximate surface area is 160 Å². The summed E-state index contributed by atoms with van der Waals surface area (Å²) in [5.74, 6) is 1.22. The van der Waals surface area contributed by atoms with Crippen molar-refractivity contribution in [3.8, 4) is 11.4 Å². The Morgan fingerprint density at radius 1 is 1.04 bits per heavy atom. The van der Waals surface area contributed by atoms with Crippen molar-refractivity contribution in [1.29, 1.82) is 0 Å². The summed E-state index contributed by atoms with van der Waals surface area (Å²) in [6.07, 6.45) is 2.74. The maximum Gasteiger partial charge on any atom is 0.243 e. The second kappa shape index (κ2) is 7.29. The molecule has 4 rings (SSSR count). The fourth-order valence-corrected chi connectivity index (χ4v) is 5.23. The number of benzene rings is 2. The summed E-state index contributed by atoms with van der Waals surface area (Å²) in [6, 6.07) is 18.8. The summed E-state index contributed by atoms with van der Waals surface area (Å²) >= 11 is 0. The third-order valence-electron chi connectivity index (χ3n) is 5.16. The van der Waals surface area contributed by atoms with Crippen molar-refractivity contribution < 1.29 is 8.42 Å². The highest BCUT2D eigenvalue weighted by atomic mass is 32.2. The monoisotopic (exact) mass is 381 g/mol. The Kier molecular flexibility index (Phi) is 4.85. The standard InChI is InChI=1S/C21H23N3O2S/c1-17-14-22-21(19-8-4-2-5-9-19)24(17)16-18-12-13-23(15-18)27(25,26)20-10-6-3-7-11-20/h2-11,14,18H,12-13,15-16H2,1H3. The van der Waals surface area contributed by atoms with Gasteiger partial charge in [0.25, 0.3) is 0 Å². The number of rotatable bonds is 5. The van der Waals surface area contributed by atoms with Crippen LogP contribution in [0, 0.1) is 12.8 Å². The first-order valence-corrected chi connectivity index (χ1v) is 10.6. The summed E-state index contributed by atoms with van der Waals surface area (Å²) in [5, 5.41) is 0. The molecule has 5 nitrogen and oxygen atoms in total. The van der Waals surface area contributed by atoms with Crippen molar-refractivity contribution in [2.75, 3.05) is 13.1 Å². The molecule has 1 saturated heterocycles. The topological polar surface area (TPSA) is 55.2 Å². The lowest BCUT2D eigenvalue weighted by Gasteiger charge is -2.18. The molecule has 0 bridgehead atoms. The van der Waals surface area contributed by atoms with E-state index in [4.69, 9.17) is 0 Å². The Hall–Kier alpha value is -2.44. The van der Waals surface area contributed by atoms with Crippen LogP contribution in [-0.2, 0) is 16.6 Å². The van der Waals surface area contributed by atoms with E-state index in [-0.39, 0.29) is 5.92 Å². The van der Waals surface area contributed by atoms with E-state index in [0.29, 0.717) is 18.0 Å². The van der Waals surface area contributed by atoms with E-state index in [1.54, 1.807) is 28.6 Å². The summed E-state index contributed by atoms with van der Waals surface area (Å²) < 4.78 is 29.5. The van der Waals surface area contributed by atoms with Crippen molar-refractivity contribution in [3.63, 3.8) is 0 Å². The van der Waals surface area contributed by atoms with Gasteiger partial charge in [0.1, 0.15) is 5.82 Å². The van der Waals surface area contributed by atoms with Crippen molar-refractivity contribution in [2.24, 2.45) is 5.92 Å². The first kappa shape index (κ1) is 17.9. The Morgan fingerprint density at radius 2 is 1.70 bits per heavy atom. The average molecular weight is 382 g/mol. The molecule has 27 heavy (non-hydrogen) atoms. The lowest BCUT2D eigenvalue weighted by Crippen LogP contribution is -2.29. The van der Waals surface area contributed by atoms with Crippen LogP contribution in [0.15, 0.2) is 71.8 Å². The van der Waals surface area contributed by atoms with Gasteiger partial charge in [-0.1, -0.05) is 48.5 Å². The molecule has 0 spiro atoms. The summed E-state index contributed by atoms with van der Waals surface area (Å²) in [4.78, 5) is 4.94. The van der Waals surface area contributed by atoms with Crippen LogP contribution in [0.25, 0.3) is 11.4 Å². The van der Waals surface area contributed by atoms with Gasteiger partial charge in [-0.2, -0.15) is 4.31 Å². The lowest BCUT2D eigenvalue weighted by atomic mass is 10.1. The molecule has 0 aliphatic carbocycles. The van der Waals surface area contributed by atoms with Crippen LogP contribution in [0.5, 0.6) is 0 Å². The highest BCUT2D eigenvalue weighted by molar-refractivity contribution is 7.89. The third-order valence-corrected chi connectivity index (χ3v) is 7.04. The zero-order valence-corrected chi connectivity index (χ0v) is 16.1. The van der Waals surface area contributed by atoms with Crippen molar-refractivity contribution in [2.45, 2.75) is 24.8 Å². The maximum atomic E-state index is 12.8. The average Bonchev–Trinajstić information content (AvgIpc) is 3.31. The van der Waals surface area contributed by atoms with Crippen molar-refractivity contribution in [1.82, 2.24) is 13.9 Å². The molecular formula is C21H23N3O2S. The molecule has 0 amide bonds. The number of aromatic nitrogens is 2. The predicted molar refractivity (Wildman–Crippen MR) is 106 cm³/mol. The molecule has 0 N–H and O–H groups in total. The molecule has 140 valence electrons. The summed E-state index contributed by atoms with van der Waals surface area (Å²) in [6.45, 7) is 3.93. The van der Waals surface area contributed by atoms with Gasteiger partial charge in [0, 0.05) is 37.1 Å². The molecule has 2 heterocycles. The number of sulfonamides is 1. The van der Waals surface area contributed by atoms with E-state index < -0.39 is 10.0 Å². The molecule has 3 aromatic rings. The normalized spacial score (nSPS) is 18.0. The van der Waals surface area contributed by atoms with E-state index in [1.165, 1.54) is 0 Å². The first-order chi connectivity index (χ1) is 13.1. The fourth-order valence-electron chi connectivity index (χ4n) is 3.67. The van der Waals surface area contributed by atoms with E-state index >= 15 is 0 Å². The molecule has 0 radical (unpaired) electrons. The van der Waals surface area contributed by atoms with Crippen LogP contribution >= 0.6 is 0 Å². The maximum absolute atomic E-state index is 12.8. The Bertz CT molecular complexity index is 1010. The van der Waals surface area contributed by atoms with Gasteiger partial charge in [0.2, 0.25) is 10.0 Å². The second-order valence-electron chi connectivity index (χ2n) is 7.03. The molecule has 1 aliphatic rings. The molecule has 1 aliphatic heterocycles. The molecule has 1 atom stereocenters. The minimum atomic E-state index is -3.41.